The minimum atomic E-state index is -0.738. The number of aryl methyl sites for hydroxylation is 1. The van der Waals surface area contributed by atoms with Gasteiger partial charge < -0.3 is 5.11 Å². The monoisotopic (exact) mass is 313 g/mol. The number of hydrogen-bond donors (Lipinski definition) is 2. The number of benzene rings is 1. The molecule has 1 saturated heterocycles. The van der Waals surface area contributed by atoms with Crippen LogP contribution in [0.3, 0.4) is 0 Å². The first kappa shape index (κ1) is 16.2. The van der Waals surface area contributed by atoms with Crippen molar-refractivity contribution < 1.29 is 5.11 Å². The summed E-state index contributed by atoms with van der Waals surface area (Å²) in [5.41, 5.74) is 3.74. The lowest BCUT2D eigenvalue weighted by atomic mass is 9.89. The Morgan fingerprint density at radius 1 is 1.30 bits per heavy atom. The molecule has 4 nitrogen and oxygen atoms in total. The summed E-state index contributed by atoms with van der Waals surface area (Å²) in [6.07, 6.45) is 0.776. The quantitative estimate of drug-likeness (QED) is 0.915. The first-order chi connectivity index (χ1) is 10.8. The van der Waals surface area contributed by atoms with Crippen LogP contribution in [-0.4, -0.2) is 33.3 Å². The van der Waals surface area contributed by atoms with Crippen molar-refractivity contribution in [1.82, 2.24) is 15.1 Å². The Kier molecular flexibility index (Phi) is 4.07. The van der Waals surface area contributed by atoms with Crippen molar-refractivity contribution in [3.8, 4) is 0 Å². The number of hydrogen-bond acceptors (Lipinski definition) is 3. The van der Waals surface area contributed by atoms with Crippen molar-refractivity contribution in [2.75, 3.05) is 13.1 Å². The third kappa shape index (κ3) is 3.33. The van der Waals surface area contributed by atoms with Crippen molar-refractivity contribution in [2.45, 2.75) is 51.7 Å². The summed E-state index contributed by atoms with van der Waals surface area (Å²) < 4.78 is 0. The van der Waals surface area contributed by atoms with Gasteiger partial charge in [-0.15, -0.1) is 0 Å². The van der Waals surface area contributed by atoms with Crippen LogP contribution >= 0.6 is 0 Å². The molecular weight excluding hydrogens is 286 g/mol. The first-order valence-corrected chi connectivity index (χ1v) is 8.33. The van der Waals surface area contributed by atoms with Gasteiger partial charge >= 0.3 is 0 Å². The molecule has 0 spiro atoms. The summed E-state index contributed by atoms with van der Waals surface area (Å²) in [6.45, 7) is 10.9. The van der Waals surface area contributed by atoms with Gasteiger partial charge in [0, 0.05) is 30.7 Å². The molecule has 0 aliphatic carbocycles. The summed E-state index contributed by atoms with van der Waals surface area (Å²) >= 11 is 0. The Morgan fingerprint density at radius 3 is 2.70 bits per heavy atom. The predicted octanol–water partition coefficient (Wildman–Crippen LogP) is 3.11. The maximum absolute atomic E-state index is 11.1. The van der Waals surface area contributed by atoms with Gasteiger partial charge in [0.05, 0.1) is 5.69 Å². The van der Waals surface area contributed by atoms with Gasteiger partial charge in [0.25, 0.3) is 0 Å². The molecule has 1 fully saturated rings. The summed E-state index contributed by atoms with van der Waals surface area (Å²) in [7, 11) is 0. The van der Waals surface area contributed by atoms with Crippen LogP contribution in [0.2, 0.25) is 0 Å². The van der Waals surface area contributed by atoms with Crippen LogP contribution in [0.25, 0.3) is 0 Å². The van der Waals surface area contributed by atoms with E-state index in [1.807, 2.05) is 18.2 Å². The molecule has 0 saturated carbocycles. The second-order valence-electron chi connectivity index (χ2n) is 7.84. The topological polar surface area (TPSA) is 52.1 Å². The molecule has 1 aromatic carbocycles. The van der Waals surface area contributed by atoms with Crippen LogP contribution in [0, 0.1) is 6.92 Å². The molecule has 0 radical (unpaired) electrons. The van der Waals surface area contributed by atoms with E-state index in [1.54, 1.807) is 0 Å². The van der Waals surface area contributed by atoms with Crippen LogP contribution in [0.15, 0.2) is 30.3 Å². The van der Waals surface area contributed by atoms with Gasteiger partial charge in [0.15, 0.2) is 0 Å². The normalized spacial score (nSPS) is 22.7. The Bertz CT molecular complexity index is 686. The van der Waals surface area contributed by atoms with Gasteiger partial charge in [-0.1, -0.05) is 45.0 Å². The minimum Gasteiger partial charge on any atom is -0.384 e. The number of H-pyrrole nitrogens is 1. The number of rotatable bonds is 3. The zero-order valence-electron chi connectivity index (χ0n) is 14.6. The van der Waals surface area contributed by atoms with Crippen LogP contribution in [-0.2, 0) is 17.6 Å². The standard InChI is InChI=1S/C19H27N3O/c1-14-7-5-6-8-16(14)19(23)9-10-22(13-19)12-15-11-17(21-20-15)18(2,3)4/h5-8,11,23H,9-10,12-13H2,1-4H3,(H,20,21)/t19-/m0/s1. The van der Waals surface area contributed by atoms with Crippen molar-refractivity contribution in [3.63, 3.8) is 0 Å². The number of likely N-dealkylation sites (tertiary alicyclic amines) is 1. The largest absolute Gasteiger partial charge is 0.384 e. The fraction of sp³-hybridized carbons (Fsp3) is 0.526. The highest BCUT2D eigenvalue weighted by Gasteiger charge is 2.38. The van der Waals surface area contributed by atoms with Crippen molar-refractivity contribution >= 4 is 0 Å². The van der Waals surface area contributed by atoms with E-state index >= 15 is 0 Å². The smallest absolute Gasteiger partial charge is 0.104 e. The minimum absolute atomic E-state index is 0.0572. The molecular formula is C19H27N3O. The van der Waals surface area contributed by atoms with Gasteiger partial charge in [-0.25, -0.2) is 0 Å². The molecule has 2 heterocycles. The number of aromatic amines is 1. The summed E-state index contributed by atoms with van der Waals surface area (Å²) in [5.74, 6) is 0. The van der Waals surface area contributed by atoms with Gasteiger partial charge in [0.1, 0.15) is 5.60 Å². The Hall–Kier alpha value is -1.65. The average molecular weight is 313 g/mol. The molecule has 1 atom stereocenters. The Morgan fingerprint density at radius 2 is 2.04 bits per heavy atom. The lowest BCUT2D eigenvalue weighted by Crippen LogP contribution is -2.31. The zero-order chi connectivity index (χ0) is 16.7. The highest BCUT2D eigenvalue weighted by Crippen LogP contribution is 2.34. The lowest BCUT2D eigenvalue weighted by molar-refractivity contribution is 0.0445. The predicted molar refractivity (Wildman–Crippen MR) is 92.3 cm³/mol. The number of nitrogens with one attached hydrogen (secondary N) is 1. The molecule has 1 aromatic heterocycles. The maximum Gasteiger partial charge on any atom is 0.104 e. The van der Waals surface area contributed by atoms with Crippen LogP contribution in [0.4, 0.5) is 0 Å². The molecule has 0 unspecified atom stereocenters. The fourth-order valence-corrected chi connectivity index (χ4v) is 3.39. The number of aromatic nitrogens is 2. The maximum atomic E-state index is 11.1. The van der Waals surface area contributed by atoms with E-state index in [4.69, 9.17) is 0 Å². The summed E-state index contributed by atoms with van der Waals surface area (Å²) in [5, 5.41) is 18.6. The van der Waals surface area contributed by atoms with Crippen molar-refractivity contribution in [1.29, 1.82) is 0 Å². The number of nitrogens with zero attached hydrogens (tertiary/aromatic N) is 2. The third-order valence-electron chi connectivity index (χ3n) is 4.77. The van der Waals surface area contributed by atoms with Gasteiger partial charge in [0.2, 0.25) is 0 Å². The van der Waals surface area contributed by atoms with Crippen LogP contribution in [0.1, 0.15) is 49.7 Å². The molecule has 0 bridgehead atoms. The van der Waals surface area contributed by atoms with E-state index in [9.17, 15) is 5.11 Å². The van der Waals surface area contributed by atoms with E-state index in [0.29, 0.717) is 6.54 Å². The molecule has 4 heteroatoms. The fourth-order valence-electron chi connectivity index (χ4n) is 3.39. The molecule has 2 aromatic rings. The molecule has 23 heavy (non-hydrogen) atoms. The Labute approximate surface area is 138 Å². The lowest BCUT2D eigenvalue weighted by Gasteiger charge is -2.25. The summed E-state index contributed by atoms with van der Waals surface area (Å²) in [4.78, 5) is 2.30. The zero-order valence-corrected chi connectivity index (χ0v) is 14.6. The third-order valence-corrected chi connectivity index (χ3v) is 4.77. The number of aliphatic hydroxyl groups is 1. The SMILES string of the molecule is Cc1ccccc1[C@]1(O)CCN(Cc2cc(C(C)(C)C)n[nH]2)C1. The second kappa shape index (κ2) is 5.77. The molecule has 1 aliphatic rings. The number of β-amino-alcohol motifs (C(OH)–C–C–N with tert-alkyl or cyclic N) is 1. The first-order valence-electron chi connectivity index (χ1n) is 8.33. The second-order valence-corrected chi connectivity index (χ2v) is 7.84. The average Bonchev–Trinajstić information content (AvgIpc) is 3.07. The molecule has 3 rings (SSSR count). The van der Waals surface area contributed by atoms with Gasteiger partial charge in [-0.05, 0) is 30.5 Å². The molecule has 124 valence electrons. The molecule has 1 aliphatic heterocycles. The Balaban J connectivity index is 1.71. The van der Waals surface area contributed by atoms with Crippen LogP contribution in [0.5, 0.6) is 0 Å². The van der Waals surface area contributed by atoms with Crippen molar-refractivity contribution in [3.05, 3.63) is 52.8 Å². The highest BCUT2D eigenvalue weighted by atomic mass is 16.3. The van der Waals surface area contributed by atoms with E-state index in [2.05, 4.69) is 54.9 Å². The van der Waals surface area contributed by atoms with E-state index in [-0.39, 0.29) is 5.41 Å². The molecule has 2 N–H and O–H groups in total. The van der Waals surface area contributed by atoms with E-state index < -0.39 is 5.60 Å². The van der Waals surface area contributed by atoms with Gasteiger partial charge in [-0.3, -0.25) is 10.00 Å². The summed E-state index contributed by atoms with van der Waals surface area (Å²) in [6, 6.07) is 10.3. The van der Waals surface area contributed by atoms with Gasteiger partial charge in [-0.2, -0.15) is 5.10 Å². The van der Waals surface area contributed by atoms with Crippen molar-refractivity contribution in [2.24, 2.45) is 0 Å². The van der Waals surface area contributed by atoms with Crippen LogP contribution < -0.4 is 0 Å². The molecule has 0 amide bonds. The highest BCUT2D eigenvalue weighted by molar-refractivity contribution is 5.32. The van der Waals surface area contributed by atoms with E-state index in [1.165, 1.54) is 0 Å². The van der Waals surface area contributed by atoms with E-state index in [0.717, 1.165) is 42.0 Å².